The molecule has 14 heavy (non-hydrogen) atoms. The van der Waals surface area contributed by atoms with Crippen LogP contribution in [0.5, 0.6) is 0 Å². The Balaban J connectivity index is 3.20. The van der Waals surface area contributed by atoms with Crippen molar-refractivity contribution in [3.05, 3.63) is 21.4 Å². The Hall–Kier alpha value is -1.36. The van der Waals surface area contributed by atoms with E-state index in [1.54, 1.807) is 5.38 Å². The van der Waals surface area contributed by atoms with E-state index < -0.39 is 11.9 Å². The Morgan fingerprint density at radius 3 is 2.43 bits per heavy atom. The third kappa shape index (κ3) is 1.93. The van der Waals surface area contributed by atoms with Crippen molar-refractivity contribution in [2.45, 2.75) is 19.8 Å². The molecule has 0 unspecified atom stereocenters. The monoisotopic (exact) mass is 214 g/mol. The molecule has 0 amide bonds. The van der Waals surface area contributed by atoms with Gasteiger partial charge in [-0.3, -0.25) is 0 Å². The summed E-state index contributed by atoms with van der Waals surface area (Å²) in [4.78, 5) is 21.4. The van der Waals surface area contributed by atoms with Crippen LogP contribution >= 0.6 is 11.3 Å². The van der Waals surface area contributed by atoms with Gasteiger partial charge in [-0.25, -0.2) is 9.59 Å². The van der Waals surface area contributed by atoms with Crippen LogP contribution in [0.3, 0.4) is 0 Å². The average Bonchev–Trinajstić information content (AvgIpc) is 2.48. The molecule has 0 aliphatic heterocycles. The van der Waals surface area contributed by atoms with Gasteiger partial charge in [-0.15, -0.1) is 11.3 Å². The fraction of sp³-hybridized carbons (Fsp3) is 0.333. The summed E-state index contributed by atoms with van der Waals surface area (Å²) in [5.41, 5.74) is 0.562. The molecule has 4 nitrogen and oxygen atoms in total. The maximum Gasteiger partial charge on any atom is 0.346 e. The molecule has 0 aliphatic carbocycles. The molecule has 0 fully saturated rings. The first-order chi connectivity index (χ1) is 6.57. The van der Waals surface area contributed by atoms with Gasteiger partial charge in [0.15, 0.2) is 0 Å². The summed E-state index contributed by atoms with van der Waals surface area (Å²) in [5, 5.41) is 19.2. The highest BCUT2D eigenvalue weighted by Gasteiger charge is 2.21. The number of thiophene rings is 1. The van der Waals surface area contributed by atoms with Gasteiger partial charge >= 0.3 is 11.9 Å². The Morgan fingerprint density at radius 1 is 1.36 bits per heavy atom. The van der Waals surface area contributed by atoms with Gasteiger partial charge in [0.1, 0.15) is 4.88 Å². The summed E-state index contributed by atoms with van der Waals surface area (Å²) in [6, 6.07) is 0. The molecule has 2 N–H and O–H groups in total. The van der Waals surface area contributed by atoms with Crippen LogP contribution in [-0.4, -0.2) is 22.2 Å². The number of hydrogen-bond acceptors (Lipinski definition) is 3. The van der Waals surface area contributed by atoms with Crippen LogP contribution in [0, 0.1) is 0 Å². The van der Waals surface area contributed by atoms with Crippen molar-refractivity contribution in [2.24, 2.45) is 0 Å². The largest absolute Gasteiger partial charge is 0.478 e. The van der Waals surface area contributed by atoms with E-state index in [9.17, 15) is 9.59 Å². The molecule has 0 radical (unpaired) electrons. The van der Waals surface area contributed by atoms with Crippen LogP contribution < -0.4 is 0 Å². The van der Waals surface area contributed by atoms with Gasteiger partial charge in [0.25, 0.3) is 0 Å². The molecule has 1 aromatic rings. The second kappa shape index (κ2) is 4.23. The minimum atomic E-state index is -1.17. The van der Waals surface area contributed by atoms with Crippen LogP contribution in [0.1, 0.15) is 38.9 Å². The molecule has 0 spiro atoms. The van der Waals surface area contributed by atoms with E-state index in [4.69, 9.17) is 10.2 Å². The summed E-state index contributed by atoms with van der Waals surface area (Å²) in [5.74, 6) is -2.33. The minimum absolute atomic E-state index is 0.0515. The molecule has 0 saturated carbocycles. The van der Waals surface area contributed by atoms with E-state index in [-0.39, 0.29) is 10.4 Å². The Labute approximate surface area is 84.8 Å². The van der Waals surface area contributed by atoms with Gasteiger partial charge in [-0.1, -0.05) is 13.3 Å². The van der Waals surface area contributed by atoms with Crippen molar-refractivity contribution in [1.82, 2.24) is 0 Å². The van der Waals surface area contributed by atoms with Crippen LogP contribution in [0.25, 0.3) is 0 Å². The Morgan fingerprint density at radius 2 is 2.00 bits per heavy atom. The molecule has 5 heteroatoms. The fourth-order valence-corrected chi connectivity index (χ4v) is 2.17. The number of carboxylic acids is 2. The quantitative estimate of drug-likeness (QED) is 0.804. The highest BCUT2D eigenvalue weighted by molar-refractivity contribution is 7.12. The van der Waals surface area contributed by atoms with Crippen molar-refractivity contribution in [2.75, 3.05) is 0 Å². The first-order valence-electron chi connectivity index (χ1n) is 4.14. The summed E-state index contributed by atoms with van der Waals surface area (Å²) in [7, 11) is 0. The highest BCUT2D eigenvalue weighted by Crippen LogP contribution is 2.23. The average molecular weight is 214 g/mol. The van der Waals surface area contributed by atoms with E-state index in [1.807, 2.05) is 6.92 Å². The molecule has 76 valence electrons. The first-order valence-corrected chi connectivity index (χ1v) is 5.02. The smallest absolute Gasteiger partial charge is 0.346 e. The van der Waals surface area contributed by atoms with Crippen LogP contribution in [0.2, 0.25) is 0 Å². The van der Waals surface area contributed by atoms with Crippen molar-refractivity contribution in [1.29, 1.82) is 0 Å². The number of rotatable bonds is 4. The molecule has 1 aromatic heterocycles. The number of carbonyl (C=O) groups is 2. The molecular formula is C9H10O4S. The fourth-order valence-electron chi connectivity index (χ4n) is 1.24. The number of aryl methyl sites for hydroxylation is 1. The van der Waals surface area contributed by atoms with Crippen LogP contribution in [0.15, 0.2) is 5.38 Å². The lowest BCUT2D eigenvalue weighted by Gasteiger charge is -1.98. The lowest BCUT2D eigenvalue weighted by molar-refractivity contribution is 0.0655. The number of aromatic carboxylic acids is 2. The van der Waals surface area contributed by atoms with Crippen LogP contribution in [-0.2, 0) is 6.42 Å². The number of carboxylic acid groups (broad SMARTS) is 2. The molecule has 0 atom stereocenters. The normalized spacial score (nSPS) is 10.1. The zero-order chi connectivity index (χ0) is 10.7. The van der Waals surface area contributed by atoms with Gasteiger partial charge in [0, 0.05) is 0 Å². The molecular weight excluding hydrogens is 204 g/mol. The maximum absolute atomic E-state index is 10.8. The van der Waals surface area contributed by atoms with Gasteiger partial charge in [0.05, 0.1) is 5.56 Å². The van der Waals surface area contributed by atoms with E-state index in [1.165, 1.54) is 0 Å². The predicted molar refractivity (Wildman–Crippen MR) is 52.2 cm³/mol. The SMILES string of the molecule is CCCc1csc(C(=O)O)c1C(=O)O. The van der Waals surface area contributed by atoms with Crippen molar-refractivity contribution >= 4 is 23.3 Å². The molecule has 0 saturated heterocycles. The summed E-state index contributed by atoms with van der Waals surface area (Å²) < 4.78 is 0. The lowest BCUT2D eigenvalue weighted by atomic mass is 10.1. The summed E-state index contributed by atoms with van der Waals surface area (Å²) in [6.07, 6.45) is 1.40. The predicted octanol–water partition coefficient (Wildman–Crippen LogP) is 2.10. The second-order valence-corrected chi connectivity index (χ2v) is 3.71. The van der Waals surface area contributed by atoms with Gasteiger partial charge < -0.3 is 10.2 Å². The molecule has 0 bridgehead atoms. The van der Waals surface area contributed by atoms with Crippen molar-refractivity contribution in [3.8, 4) is 0 Å². The van der Waals surface area contributed by atoms with Gasteiger partial charge in [-0.05, 0) is 17.4 Å². The summed E-state index contributed by atoms with van der Waals surface area (Å²) in [6.45, 7) is 1.92. The molecule has 1 heterocycles. The first kappa shape index (κ1) is 10.7. The standard InChI is InChI=1S/C9H10O4S/c1-2-3-5-4-14-7(9(12)13)6(5)8(10)11/h4H,2-3H2,1H3,(H,10,11)(H,12,13). The van der Waals surface area contributed by atoms with Crippen molar-refractivity contribution < 1.29 is 19.8 Å². The molecule has 1 rings (SSSR count). The van der Waals surface area contributed by atoms with E-state index >= 15 is 0 Å². The zero-order valence-electron chi connectivity index (χ0n) is 7.61. The maximum atomic E-state index is 10.8. The van der Waals surface area contributed by atoms with E-state index in [0.29, 0.717) is 12.0 Å². The summed E-state index contributed by atoms with van der Waals surface area (Å²) >= 11 is 0.972. The molecule has 0 aromatic carbocycles. The Kier molecular flexibility index (Phi) is 3.24. The van der Waals surface area contributed by atoms with Gasteiger partial charge in [0.2, 0.25) is 0 Å². The third-order valence-corrected chi connectivity index (χ3v) is 2.81. The lowest BCUT2D eigenvalue weighted by Crippen LogP contribution is -2.06. The molecule has 0 aliphatic rings. The van der Waals surface area contributed by atoms with E-state index in [2.05, 4.69) is 0 Å². The van der Waals surface area contributed by atoms with Crippen LogP contribution in [0.4, 0.5) is 0 Å². The second-order valence-electron chi connectivity index (χ2n) is 2.83. The highest BCUT2D eigenvalue weighted by atomic mass is 32.1. The topological polar surface area (TPSA) is 74.6 Å². The minimum Gasteiger partial charge on any atom is -0.478 e. The Bertz CT molecular complexity index is 367. The number of hydrogen-bond donors (Lipinski definition) is 2. The van der Waals surface area contributed by atoms with E-state index in [0.717, 1.165) is 17.8 Å². The zero-order valence-corrected chi connectivity index (χ0v) is 8.43. The van der Waals surface area contributed by atoms with Gasteiger partial charge in [-0.2, -0.15) is 0 Å². The third-order valence-electron chi connectivity index (χ3n) is 1.79. The van der Waals surface area contributed by atoms with Crippen molar-refractivity contribution in [3.63, 3.8) is 0 Å².